The minimum Gasteiger partial charge on any atom is -0.256 e. The fourth-order valence-electron chi connectivity index (χ4n) is 4.01. The first-order chi connectivity index (χ1) is 13.8. The fourth-order valence-corrected chi connectivity index (χ4v) is 4.01. The Morgan fingerprint density at radius 3 is 2.29 bits per heavy atom. The van der Waals surface area contributed by atoms with Crippen molar-refractivity contribution >= 4 is 21.5 Å². The van der Waals surface area contributed by atoms with Gasteiger partial charge in [0, 0.05) is 17.1 Å². The predicted molar refractivity (Wildman–Crippen MR) is 122 cm³/mol. The Bertz CT molecular complexity index is 1050. The number of pyridine rings is 1. The third kappa shape index (κ3) is 4.25. The molecule has 0 atom stereocenters. The van der Waals surface area contributed by atoms with Crippen molar-refractivity contribution in [2.24, 2.45) is 0 Å². The molecule has 4 rings (SSSR count). The van der Waals surface area contributed by atoms with Crippen molar-refractivity contribution in [2.45, 2.75) is 51.9 Å². The smallest absolute Gasteiger partial charge is 0.0708 e. The number of fused-ring (bicyclic) bond motifs is 3. The molecule has 1 heteroatoms. The molecular formula is C27H29N. The molecule has 0 aliphatic carbocycles. The van der Waals surface area contributed by atoms with Crippen LogP contribution >= 0.6 is 0 Å². The molecule has 0 amide bonds. The predicted octanol–water partition coefficient (Wildman–Crippen LogP) is 7.96. The summed E-state index contributed by atoms with van der Waals surface area (Å²) in [7, 11) is 0. The number of unbranched alkanes of at least 4 members (excludes halogenated alkanes) is 5. The van der Waals surface area contributed by atoms with Gasteiger partial charge in [0.25, 0.3) is 0 Å². The summed E-state index contributed by atoms with van der Waals surface area (Å²) in [5.74, 6) is 0. The summed E-state index contributed by atoms with van der Waals surface area (Å²) >= 11 is 0. The van der Waals surface area contributed by atoms with Gasteiger partial charge in [0.1, 0.15) is 0 Å². The maximum absolute atomic E-state index is 4.76. The third-order valence-corrected chi connectivity index (χ3v) is 5.70. The SMILES string of the molecule is CCCCCCCCc1ccc(-c2cc3ccc4ccccc4c3cn2)cc1. The molecule has 0 fully saturated rings. The largest absolute Gasteiger partial charge is 0.256 e. The summed E-state index contributed by atoms with van der Waals surface area (Å²) in [6.07, 6.45) is 11.3. The van der Waals surface area contributed by atoms with Crippen LogP contribution in [0.5, 0.6) is 0 Å². The summed E-state index contributed by atoms with van der Waals surface area (Å²) in [6.45, 7) is 2.27. The van der Waals surface area contributed by atoms with E-state index in [1.807, 2.05) is 6.20 Å². The van der Waals surface area contributed by atoms with Crippen molar-refractivity contribution in [2.75, 3.05) is 0 Å². The minimum absolute atomic E-state index is 1.05. The molecule has 0 saturated carbocycles. The Morgan fingerprint density at radius 1 is 0.679 bits per heavy atom. The third-order valence-electron chi connectivity index (χ3n) is 5.70. The Hall–Kier alpha value is -2.67. The number of nitrogens with zero attached hydrogens (tertiary/aromatic N) is 1. The molecule has 1 aromatic heterocycles. The van der Waals surface area contributed by atoms with E-state index in [1.54, 1.807) is 0 Å². The molecule has 1 heterocycles. The second-order valence-electron chi connectivity index (χ2n) is 7.79. The average Bonchev–Trinajstić information content (AvgIpc) is 2.76. The van der Waals surface area contributed by atoms with Crippen molar-refractivity contribution in [3.05, 3.63) is 78.5 Å². The topological polar surface area (TPSA) is 12.9 Å². The zero-order valence-electron chi connectivity index (χ0n) is 16.8. The summed E-state index contributed by atoms with van der Waals surface area (Å²) in [5.41, 5.74) is 3.68. The van der Waals surface area contributed by atoms with Crippen molar-refractivity contribution in [3.63, 3.8) is 0 Å². The van der Waals surface area contributed by atoms with Gasteiger partial charge < -0.3 is 0 Å². The molecule has 0 N–H and O–H groups in total. The monoisotopic (exact) mass is 367 g/mol. The Labute approximate surface area is 168 Å². The van der Waals surface area contributed by atoms with E-state index in [9.17, 15) is 0 Å². The first-order valence-corrected chi connectivity index (χ1v) is 10.7. The summed E-state index contributed by atoms with van der Waals surface area (Å²) < 4.78 is 0. The molecule has 0 aliphatic rings. The van der Waals surface area contributed by atoms with Gasteiger partial charge in [-0.3, -0.25) is 4.98 Å². The minimum atomic E-state index is 1.05. The lowest BCUT2D eigenvalue weighted by atomic mass is 10.0. The highest BCUT2D eigenvalue weighted by Crippen LogP contribution is 2.28. The van der Waals surface area contributed by atoms with Crippen LogP contribution in [0.1, 0.15) is 51.0 Å². The molecule has 0 spiro atoms. The zero-order chi connectivity index (χ0) is 19.2. The second kappa shape index (κ2) is 9.01. The lowest BCUT2D eigenvalue weighted by Crippen LogP contribution is -1.89. The van der Waals surface area contributed by atoms with Gasteiger partial charge >= 0.3 is 0 Å². The quantitative estimate of drug-likeness (QED) is 0.227. The maximum Gasteiger partial charge on any atom is 0.0708 e. The first-order valence-electron chi connectivity index (χ1n) is 10.7. The number of rotatable bonds is 8. The number of aromatic nitrogens is 1. The van der Waals surface area contributed by atoms with Crippen molar-refractivity contribution in [3.8, 4) is 11.3 Å². The normalized spacial score (nSPS) is 11.3. The molecular weight excluding hydrogens is 338 g/mol. The van der Waals surface area contributed by atoms with Crippen molar-refractivity contribution < 1.29 is 0 Å². The highest BCUT2D eigenvalue weighted by molar-refractivity contribution is 6.07. The summed E-state index contributed by atoms with van der Waals surface area (Å²) in [5, 5.41) is 5.01. The van der Waals surface area contributed by atoms with E-state index >= 15 is 0 Å². The van der Waals surface area contributed by atoms with E-state index in [0.717, 1.165) is 5.69 Å². The van der Waals surface area contributed by atoms with Gasteiger partial charge in [-0.25, -0.2) is 0 Å². The second-order valence-corrected chi connectivity index (χ2v) is 7.79. The van der Waals surface area contributed by atoms with Gasteiger partial charge in [-0.15, -0.1) is 0 Å². The van der Waals surface area contributed by atoms with Gasteiger partial charge in [-0.1, -0.05) is 99.7 Å². The summed E-state index contributed by atoms with van der Waals surface area (Å²) in [4.78, 5) is 4.76. The highest BCUT2D eigenvalue weighted by Gasteiger charge is 2.05. The standard InChI is InChI=1S/C27H29N/c1-2-3-4-5-6-7-10-21-13-15-23(16-14-21)27-19-24-18-17-22-11-8-9-12-25(22)26(24)20-28-27/h8-9,11-20H,2-7,10H2,1H3. The van der Waals surface area contributed by atoms with Crippen LogP contribution in [0.4, 0.5) is 0 Å². The Morgan fingerprint density at radius 2 is 1.43 bits per heavy atom. The number of hydrogen-bond donors (Lipinski definition) is 0. The van der Waals surface area contributed by atoms with Gasteiger partial charge in [-0.2, -0.15) is 0 Å². The summed E-state index contributed by atoms with van der Waals surface area (Å²) in [6, 6.07) is 24.1. The molecule has 142 valence electrons. The van der Waals surface area contributed by atoms with E-state index in [2.05, 4.69) is 73.7 Å². The van der Waals surface area contributed by atoms with Crippen LogP contribution in [0.25, 0.3) is 32.8 Å². The molecule has 1 nitrogen and oxygen atoms in total. The highest BCUT2D eigenvalue weighted by atomic mass is 14.7. The van der Waals surface area contributed by atoms with Crippen molar-refractivity contribution in [1.29, 1.82) is 0 Å². The van der Waals surface area contributed by atoms with Crippen LogP contribution in [-0.2, 0) is 6.42 Å². The number of aryl methyl sites for hydroxylation is 1. The molecule has 3 aromatic carbocycles. The molecule has 0 aliphatic heterocycles. The van der Waals surface area contributed by atoms with E-state index in [-0.39, 0.29) is 0 Å². The Kier molecular flexibility index (Phi) is 6.01. The molecule has 4 aromatic rings. The van der Waals surface area contributed by atoms with Crippen LogP contribution in [0.15, 0.2) is 72.9 Å². The van der Waals surface area contributed by atoms with Gasteiger partial charge in [0.05, 0.1) is 5.69 Å². The van der Waals surface area contributed by atoms with E-state index in [1.165, 1.54) is 77.6 Å². The molecule has 0 bridgehead atoms. The van der Waals surface area contributed by atoms with Gasteiger partial charge in [0.2, 0.25) is 0 Å². The van der Waals surface area contributed by atoms with E-state index in [0.29, 0.717) is 0 Å². The van der Waals surface area contributed by atoms with E-state index in [4.69, 9.17) is 4.98 Å². The lowest BCUT2D eigenvalue weighted by molar-refractivity contribution is 0.607. The van der Waals surface area contributed by atoms with Crippen LogP contribution in [0.3, 0.4) is 0 Å². The molecule has 0 saturated heterocycles. The van der Waals surface area contributed by atoms with Crippen LogP contribution in [-0.4, -0.2) is 4.98 Å². The van der Waals surface area contributed by atoms with Gasteiger partial charge in [0.15, 0.2) is 0 Å². The molecule has 28 heavy (non-hydrogen) atoms. The molecule has 0 radical (unpaired) electrons. The zero-order valence-corrected chi connectivity index (χ0v) is 16.8. The maximum atomic E-state index is 4.76. The van der Waals surface area contributed by atoms with Crippen LogP contribution < -0.4 is 0 Å². The van der Waals surface area contributed by atoms with Crippen LogP contribution in [0, 0.1) is 0 Å². The average molecular weight is 368 g/mol. The number of hydrogen-bond acceptors (Lipinski definition) is 1. The number of benzene rings is 3. The van der Waals surface area contributed by atoms with E-state index < -0.39 is 0 Å². The van der Waals surface area contributed by atoms with Gasteiger partial charge in [-0.05, 0) is 40.6 Å². The Balaban J connectivity index is 1.46. The molecule has 0 unspecified atom stereocenters. The van der Waals surface area contributed by atoms with Crippen molar-refractivity contribution in [1.82, 2.24) is 4.98 Å². The fraction of sp³-hybridized carbons (Fsp3) is 0.296. The lowest BCUT2D eigenvalue weighted by Gasteiger charge is -2.07. The first kappa shape index (κ1) is 18.7. The van der Waals surface area contributed by atoms with Crippen LogP contribution in [0.2, 0.25) is 0 Å².